The number of nitrogens with one attached hydrogen (secondary N) is 1. The predicted octanol–water partition coefficient (Wildman–Crippen LogP) is 3.31. The third-order valence-electron chi connectivity index (χ3n) is 3.43. The van der Waals surface area contributed by atoms with Crippen molar-refractivity contribution in [2.24, 2.45) is 11.0 Å². The molecular formula is C18H19N3O3. The van der Waals surface area contributed by atoms with Crippen LogP contribution in [0.1, 0.15) is 25.0 Å². The van der Waals surface area contributed by atoms with Crippen LogP contribution in [-0.2, 0) is 11.2 Å². The Labute approximate surface area is 140 Å². The first-order valence-electron chi connectivity index (χ1n) is 7.62. The van der Waals surface area contributed by atoms with Crippen molar-refractivity contribution in [3.8, 4) is 0 Å². The molecule has 0 heterocycles. The molecule has 0 radical (unpaired) electrons. The summed E-state index contributed by atoms with van der Waals surface area (Å²) < 4.78 is 0. The molecular weight excluding hydrogens is 306 g/mol. The molecule has 1 amide bonds. The molecule has 0 bridgehead atoms. The topological polar surface area (TPSA) is 84.6 Å². The van der Waals surface area contributed by atoms with Gasteiger partial charge in [-0.05, 0) is 17.0 Å². The molecule has 2 aromatic rings. The highest BCUT2D eigenvalue weighted by molar-refractivity contribution is 6.02. The zero-order valence-electron chi connectivity index (χ0n) is 13.6. The molecule has 0 aliphatic rings. The van der Waals surface area contributed by atoms with Gasteiger partial charge in [0.25, 0.3) is 5.69 Å². The minimum atomic E-state index is -0.469. The summed E-state index contributed by atoms with van der Waals surface area (Å²) in [5.41, 5.74) is 5.02. The number of carbonyl (C=O) groups excluding carboxylic acids is 1. The van der Waals surface area contributed by atoms with E-state index in [0.29, 0.717) is 5.56 Å². The van der Waals surface area contributed by atoms with Crippen molar-refractivity contribution < 1.29 is 9.72 Å². The van der Waals surface area contributed by atoms with Gasteiger partial charge in [-0.15, -0.1) is 0 Å². The van der Waals surface area contributed by atoms with Crippen molar-refractivity contribution in [1.82, 2.24) is 5.43 Å². The van der Waals surface area contributed by atoms with E-state index in [1.54, 1.807) is 12.1 Å². The van der Waals surface area contributed by atoms with Gasteiger partial charge in [0, 0.05) is 12.1 Å². The molecule has 6 nitrogen and oxygen atoms in total. The van der Waals surface area contributed by atoms with Crippen LogP contribution in [0.5, 0.6) is 0 Å². The Morgan fingerprint density at radius 2 is 1.75 bits per heavy atom. The summed E-state index contributed by atoms with van der Waals surface area (Å²) in [6, 6.07) is 15.6. The Balaban J connectivity index is 2.04. The van der Waals surface area contributed by atoms with Gasteiger partial charge in [0.15, 0.2) is 0 Å². The third-order valence-corrected chi connectivity index (χ3v) is 3.43. The highest BCUT2D eigenvalue weighted by Crippen LogP contribution is 2.12. The molecule has 2 rings (SSSR count). The maximum absolute atomic E-state index is 12.0. The van der Waals surface area contributed by atoms with E-state index in [1.165, 1.54) is 12.1 Å². The summed E-state index contributed by atoms with van der Waals surface area (Å²) in [4.78, 5) is 22.2. The zero-order chi connectivity index (χ0) is 17.5. The Bertz CT molecular complexity index is 738. The normalized spacial score (nSPS) is 11.4. The lowest BCUT2D eigenvalue weighted by Crippen LogP contribution is -2.23. The first kappa shape index (κ1) is 17.3. The van der Waals surface area contributed by atoms with E-state index in [1.807, 2.05) is 44.2 Å². The first-order valence-corrected chi connectivity index (χ1v) is 7.62. The van der Waals surface area contributed by atoms with E-state index in [0.717, 1.165) is 11.3 Å². The molecule has 1 N–H and O–H groups in total. The molecule has 0 spiro atoms. The molecule has 0 saturated carbocycles. The van der Waals surface area contributed by atoms with Crippen LogP contribution in [-0.4, -0.2) is 16.5 Å². The Kier molecular flexibility index (Phi) is 5.78. The molecule has 0 fully saturated rings. The van der Waals surface area contributed by atoms with E-state index in [4.69, 9.17) is 0 Å². The van der Waals surface area contributed by atoms with Crippen LogP contribution in [0.4, 0.5) is 5.69 Å². The van der Waals surface area contributed by atoms with Crippen LogP contribution in [0.25, 0.3) is 0 Å². The molecule has 0 atom stereocenters. The van der Waals surface area contributed by atoms with Gasteiger partial charge >= 0.3 is 0 Å². The van der Waals surface area contributed by atoms with Gasteiger partial charge in [-0.3, -0.25) is 14.9 Å². The number of nitrogens with zero attached hydrogens (tertiary/aromatic N) is 2. The number of nitro groups is 1. The fraction of sp³-hybridized carbons (Fsp3) is 0.222. The average molecular weight is 325 g/mol. The Morgan fingerprint density at radius 1 is 1.12 bits per heavy atom. The van der Waals surface area contributed by atoms with Crippen LogP contribution in [0.15, 0.2) is 59.7 Å². The molecule has 0 aliphatic heterocycles. The van der Waals surface area contributed by atoms with Crippen LogP contribution >= 0.6 is 0 Å². The summed E-state index contributed by atoms with van der Waals surface area (Å²) >= 11 is 0. The van der Waals surface area contributed by atoms with E-state index < -0.39 is 4.92 Å². The number of benzene rings is 2. The Hall–Kier alpha value is -3.02. The van der Waals surface area contributed by atoms with Crippen molar-refractivity contribution >= 4 is 17.3 Å². The zero-order valence-corrected chi connectivity index (χ0v) is 13.6. The van der Waals surface area contributed by atoms with E-state index in [-0.39, 0.29) is 23.9 Å². The lowest BCUT2D eigenvalue weighted by atomic mass is 10.0. The largest absolute Gasteiger partial charge is 0.273 e. The standard InChI is InChI=1S/C18H19N3O3/c1-13(2)18(15-6-4-3-5-7-15)20-19-17(22)12-14-8-10-16(11-9-14)21(23)24/h3-11,13H,12H2,1-2H3,(H,19,22)/b20-18-. The minimum absolute atomic E-state index is 0.00310. The molecule has 0 aliphatic carbocycles. The van der Waals surface area contributed by atoms with Gasteiger partial charge in [0.05, 0.1) is 17.1 Å². The molecule has 0 saturated heterocycles. The fourth-order valence-corrected chi connectivity index (χ4v) is 2.22. The average Bonchev–Trinajstić information content (AvgIpc) is 2.56. The summed E-state index contributed by atoms with van der Waals surface area (Å²) in [5, 5.41) is 14.9. The van der Waals surface area contributed by atoms with Crippen LogP contribution < -0.4 is 5.43 Å². The van der Waals surface area contributed by atoms with Crippen LogP contribution in [0.3, 0.4) is 0 Å². The molecule has 2 aromatic carbocycles. The molecule has 6 heteroatoms. The van der Waals surface area contributed by atoms with E-state index in [9.17, 15) is 14.9 Å². The monoisotopic (exact) mass is 325 g/mol. The van der Waals surface area contributed by atoms with Crippen LogP contribution in [0, 0.1) is 16.0 Å². The van der Waals surface area contributed by atoms with Crippen molar-refractivity contribution in [3.63, 3.8) is 0 Å². The predicted molar refractivity (Wildman–Crippen MR) is 92.8 cm³/mol. The smallest absolute Gasteiger partial charge is 0.269 e. The van der Waals surface area contributed by atoms with Crippen molar-refractivity contribution in [2.45, 2.75) is 20.3 Å². The van der Waals surface area contributed by atoms with Gasteiger partial charge in [0.2, 0.25) is 5.91 Å². The molecule has 24 heavy (non-hydrogen) atoms. The number of nitro benzene ring substituents is 1. The molecule has 124 valence electrons. The number of hydrazone groups is 1. The molecule has 0 aromatic heterocycles. The van der Waals surface area contributed by atoms with Gasteiger partial charge < -0.3 is 0 Å². The number of rotatable bonds is 6. The minimum Gasteiger partial charge on any atom is -0.273 e. The maximum atomic E-state index is 12.0. The second-order valence-electron chi connectivity index (χ2n) is 5.65. The highest BCUT2D eigenvalue weighted by Gasteiger charge is 2.10. The second kappa shape index (κ2) is 8.01. The number of hydrogen-bond acceptors (Lipinski definition) is 4. The number of hydrogen-bond donors (Lipinski definition) is 1. The number of carbonyl (C=O) groups is 1. The SMILES string of the molecule is CC(C)/C(=N/NC(=O)Cc1ccc([N+](=O)[O-])cc1)c1ccccc1. The summed E-state index contributed by atoms with van der Waals surface area (Å²) in [7, 11) is 0. The second-order valence-corrected chi connectivity index (χ2v) is 5.65. The quantitative estimate of drug-likeness (QED) is 0.502. The summed E-state index contributed by atoms with van der Waals surface area (Å²) in [5.74, 6) is -0.106. The van der Waals surface area contributed by atoms with Crippen molar-refractivity contribution in [2.75, 3.05) is 0 Å². The number of non-ortho nitro benzene ring substituents is 1. The summed E-state index contributed by atoms with van der Waals surface area (Å²) in [6.07, 6.45) is 0.113. The van der Waals surface area contributed by atoms with Crippen molar-refractivity contribution in [3.05, 3.63) is 75.8 Å². The lowest BCUT2D eigenvalue weighted by molar-refractivity contribution is -0.384. The van der Waals surface area contributed by atoms with Gasteiger partial charge in [0.1, 0.15) is 0 Å². The number of amides is 1. The third kappa shape index (κ3) is 4.74. The van der Waals surface area contributed by atoms with Gasteiger partial charge in [-0.25, -0.2) is 5.43 Å². The van der Waals surface area contributed by atoms with Gasteiger partial charge in [-0.1, -0.05) is 56.3 Å². The summed E-state index contributed by atoms with van der Waals surface area (Å²) in [6.45, 7) is 4.02. The molecule has 0 unspecified atom stereocenters. The highest BCUT2D eigenvalue weighted by atomic mass is 16.6. The fourth-order valence-electron chi connectivity index (χ4n) is 2.22. The van der Waals surface area contributed by atoms with Crippen LogP contribution in [0.2, 0.25) is 0 Å². The Morgan fingerprint density at radius 3 is 2.29 bits per heavy atom. The maximum Gasteiger partial charge on any atom is 0.269 e. The van der Waals surface area contributed by atoms with Gasteiger partial charge in [-0.2, -0.15) is 5.10 Å². The van der Waals surface area contributed by atoms with Crippen molar-refractivity contribution in [1.29, 1.82) is 0 Å². The first-order chi connectivity index (χ1) is 11.5. The van der Waals surface area contributed by atoms with E-state index in [2.05, 4.69) is 10.5 Å². The van der Waals surface area contributed by atoms with E-state index >= 15 is 0 Å². The lowest BCUT2D eigenvalue weighted by Gasteiger charge is -2.10.